The van der Waals surface area contributed by atoms with Crippen LogP contribution in [0, 0.1) is 13.8 Å². The molecule has 6 nitrogen and oxygen atoms in total. The van der Waals surface area contributed by atoms with Crippen molar-refractivity contribution in [2.75, 3.05) is 5.73 Å². The zero-order valence-corrected chi connectivity index (χ0v) is 10.7. The lowest BCUT2D eigenvalue weighted by Crippen LogP contribution is -2.07. The van der Waals surface area contributed by atoms with Crippen LogP contribution >= 0.6 is 0 Å². The smallest absolute Gasteiger partial charge is 0.253 e. The van der Waals surface area contributed by atoms with Crippen LogP contribution in [0.5, 0.6) is 0 Å². The van der Waals surface area contributed by atoms with Crippen molar-refractivity contribution >= 4 is 5.82 Å². The standard InChI is InChI=1S/C13H13N5O/c1-8-6-9(2)18(17-8)13-15-10(7-12(14)16-13)11-4-3-5-19-11/h3-7H,1-2H3,(H2,14,15,16). The predicted molar refractivity (Wildman–Crippen MR) is 70.7 cm³/mol. The molecule has 0 unspecified atom stereocenters. The van der Waals surface area contributed by atoms with Crippen molar-refractivity contribution in [1.82, 2.24) is 19.7 Å². The number of nitrogen functional groups attached to an aromatic ring is 1. The van der Waals surface area contributed by atoms with Crippen molar-refractivity contribution in [3.8, 4) is 17.4 Å². The fourth-order valence-electron chi connectivity index (χ4n) is 1.93. The lowest BCUT2D eigenvalue weighted by Gasteiger charge is -2.05. The summed E-state index contributed by atoms with van der Waals surface area (Å²) in [5.74, 6) is 1.47. The number of aryl methyl sites for hydroxylation is 2. The van der Waals surface area contributed by atoms with E-state index in [9.17, 15) is 0 Å². The van der Waals surface area contributed by atoms with Crippen LogP contribution in [0.4, 0.5) is 5.82 Å². The largest absolute Gasteiger partial charge is 0.463 e. The molecule has 0 radical (unpaired) electrons. The molecule has 0 saturated carbocycles. The van der Waals surface area contributed by atoms with Gasteiger partial charge in [0.1, 0.15) is 11.5 Å². The zero-order chi connectivity index (χ0) is 13.4. The molecule has 3 aromatic rings. The van der Waals surface area contributed by atoms with E-state index in [4.69, 9.17) is 10.2 Å². The van der Waals surface area contributed by atoms with Gasteiger partial charge in [0, 0.05) is 11.8 Å². The number of furan rings is 1. The Labute approximate surface area is 109 Å². The molecule has 6 heteroatoms. The van der Waals surface area contributed by atoms with Crippen molar-refractivity contribution in [1.29, 1.82) is 0 Å². The van der Waals surface area contributed by atoms with E-state index in [1.165, 1.54) is 0 Å². The molecule has 0 aliphatic heterocycles. The summed E-state index contributed by atoms with van der Waals surface area (Å²) in [7, 11) is 0. The summed E-state index contributed by atoms with van der Waals surface area (Å²) in [6, 6.07) is 7.26. The lowest BCUT2D eigenvalue weighted by atomic mass is 10.3. The first kappa shape index (κ1) is 11.5. The molecule has 0 fully saturated rings. The Bertz CT molecular complexity index is 715. The maximum absolute atomic E-state index is 5.83. The molecule has 3 aromatic heterocycles. The normalized spacial score (nSPS) is 10.8. The van der Waals surface area contributed by atoms with E-state index in [1.54, 1.807) is 23.1 Å². The van der Waals surface area contributed by atoms with Crippen molar-refractivity contribution in [2.45, 2.75) is 13.8 Å². The van der Waals surface area contributed by atoms with E-state index >= 15 is 0 Å². The molecular weight excluding hydrogens is 242 g/mol. The first-order valence-corrected chi connectivity index (χ1v) is 5.85. The van der Waals surface area contributed by atoms with E-state index in [2.05, 4.69) is 15.1 Å². The highest BCUT2D eigenvalue weighted by Crippen LogP contribution is 2.20. The highest BCUT2D eigenvalue weighted by Gasteiger charge is 2.11. The number of rotatable bonds is 2. The van der Waals surface area contributed by atoms with Crippen LogP contribution in [0.1, 0.15) is 11.4 Å². The van der Waals surface area contributed by atoms with Crippen LogP contribution in [0.3, 0.4) is 0 Å². The molecule has 0 aliphatic rings. The van der Waals surface area contributed by atoms with Gasteiger partial charge in [0.25, 0.3) is 5.95 Å². The van der Waals surface area contributed by atoms with Gasteiger partial charge in [-0.05, 0) is 32.0 Å². The highest BCUT2D eigenvalue weighted by atomic mass is 16.3. The summed E-state index contributed by atoms with van der Waals surface area (Å²) >= 11 is 0. The molecule has 2 N–H and O–H groups in total. The first-order valence-electron chi connectivity index (χ1n) is 5.85. The van der Waals surface area contributed by atoms with Crippen LogP contribution < -0.4 is 5.73 Å². The minimum atomic E-state index is 0.379. The monoisotopic (exact) mass is 255 g/mol. The Morgan fingerprint density at radius 3 is 2.68 bits per heavy atom. The zero-order valence-electron chi connectivity index (χ0n) is 10.7. The topological polar surface area (TPSA) is 82.8 Å². The highest BCUT2D eigenvalue weighted by molar-refractivity contribution is 5.57. The molecule has 0 bridgehead atoms. The van der Waals surface area contributed by atoms with Crippen LogP contribution in [0.25, 0.3) is 17.4 Å². The van der Waals surface area contributed by atoms with Gasteiger partial charge in [0.15, 0.2) is 5.76 Å². The maximum Gasteiger partial charge on any atom is 0.253 e. The van der Waals surface area contributed by atoms with Gasteiger partial charge in [-0.2, -0.15) is 10.1 Å². The van der Waals surface area contributed by atoms with Gasteiger partial charge in [0.2, 0.25) is 0 Å². The minimum absolute atomic E-state index is 0.379. The number of anilines is 1. The second-order valence-corrected chi connectivity index (χ2v) is 4.29. The third kappa shape index (κ3) is 2.08. The third-order valence-corrected chi connectivity index (χ3v) is 2.71. The molecule has 96 valence electrons. The second kappa shape index (κ2) is 4.24. The Morgan fingerprint density at radius 2 is 2.05 bits per heavy atom. The number of nitrogens with two attached hydrogens (primary N) is 1. The third-order valence-electron chi connectivity index (χ3n) is 2.71. The average Bonchev–Trinajstić information content (AvgIpc) is 2.98. The van der Waals surface area contributed by atoms with E-state index in [1.807, 2.05) is 26.0 Å². The van der Waals surface area contributed by atoms with Gasteiger partial charge in [-0.25, -0.2) is 9.67 Å². The lowest BCUT2D eigenvalue weighted by molar-refractivity contribution is 0.579. The Balaban J connectivity index is 2.15. The van der Waals surface area contributed by atoms with E-state index < -0.39 is 0 Å². The quantitative estimate of drug-likeness (QED) is 0.758. The summed E-state index contributed by atoms with van der Waals surface area (Å²) in [6.45, 7) is 3.86. The molecule has 19 heavy (non-hydrogen) atoms. The number of aromatic nitrogens is 4. The summed E-state index contributed by atoms with van der Waals surface area (Å²) in [6.07, 6.45) is 1.59. The molecule has 0 saturated heterocycles. The number of hydrogen-bond donors (Lipinski definition) is 1. The fraction of sp³-hybridized carbons (Fsp3) is 0.154. The molecular formula is C13H13N5O. The first-order chi connectivity index (χ1) is 9.13. The molecule has 0 aliphatic carbocycles. The summed E-state index contributed by atoms with van der Waals surface area (Å²) in [5.41, 5.74) is 8.32. The number of nitrogens with zero attached hydrogens (tertiary/aromatic N) is 4. The van der Waals surface area contributed by atoms with Crippen LogP contribution in [0.15, 0.2) is 34.9 Å². The Hall–Kier alpha value is -2.63. The molecule has 0 atom stereocenters. The van der Waals surface area contributed by atoms with Crippen LogP contribution in [-0.2, 0) is 0 Å². The SMILES string of the molecule is Cc1cc(C)n(-c2nc(N)cc(-c3ccco3)n2)n1. The molecule has 0 aromatic carbocycles. The van der Waals surface area contributed by atoms with E-state index in [-0.39, 0.29) is 0 Å². The predicted octanol–water partition coefficient (Wildman–Crippen LogP) is 2.12. The van der Waals surface area contributed by atoms with Gasteiger partial charge in [-0.15, -0.1) is 0 Å². The summed E-state index contributed by atoms with van der Waals surface area (Å²) in [4.78, 5) is 8.65. The number of hydrogen-bond acceptors (Lipinski definition) is 5. The van der Waals surface area contributed by atoms with Gasteiger partial charge < -0.3 is 10.2 Å². The van der Waals surface area contributed by atoms with Crippen molar-refractivity contribution in [2.24, 2.45) is 0 Å². The van der Waals surface area contributed by atoms with Gasteiger partial charge >= 0.3 is 0 Å². The summed E-state index contributed by atoms with van der Waals surface area (Å²) < 4.78 is 6.99. The molecule has 0 amide bonds. The maximum atomic E-state index is 5.83. The van der Waals surface area contributed by atoms with E-state index in [0.29, 0.717) is 23.2 Å². The van der Waals surface area contributed by atoms with Gasteiger partial charge in [-0.3, -0.25) is 0 Å². The molecule has 0 spiro atoms. The van der Waals surface area contributed by atoms with Gasteiger partial charge in [-0.1, -0.05) is 0 Å². The van der Waals surface area contributed by atoms with E-state index in [0.717, 1.165) is 11.4 Å². The minimum Gasteiger partial charge on any atom is -0.463 e. The molecule has 3 heterocycles. The fourth-order valence-corrected chi connectivity index (χ4v) is 1.93. The Kier molecular flexibility index (Phi) is 2.56. The Morgan fingerprint density at radius 1 is 1.21 bits per heavy atom. The summed E-state index contributed by atoms with van der Waals surface area (Å²) in [5, 5.41) is 4.35. The van der Waals surface area contributed by atoms with Crippen molar-refractivity contribution in [3.63, 3.8) is 0 Å². The van der Waals surface area contributed by atoms with Crippen LogP contribution in [0.2, 0.25) is 0 Å². The van der Waals surface area contributed by atoms with Crippen molar-refractivity contribution < 1.29 is 4.42 Å². The van der Waals surface area contributed by atoms with Crippen LogP contribution in [-0.4, -0.2) is 19.7 Å². The van der Waals surface area contributed by atoms with Gasteiger partial charge in [0.05, 0.1) is 12.0 Å². The van der Waals surface area contributed by atoms with Crippen molar-refractivity contribution in [3.05, 3.63) is 41.9 Å². The average molecular weight is 255 g/mol. The molecule has 3 rings (SSSR count). The second-order valence-electron chi connectivity index (χ2n) is 4.29.